The van der Waals surface area contributed by atoms with Gasteiger partial charge < -0.3 is 10.0 Å². The molecule has 1 aliphatic rings. The lowest BCUT2D eigenvalue weighted by atomic mass is 9.73. The van der Waals surface area contributed by atoms with E-state index in [9.17, 15) is 9.90 Å². The molecule has 1 unspecified atom stereocenters. The van der Waals surface area contributed by atoms with Crippen molar-refractivity contribution in [1.82, 2.24) is 0 Å². The molecule has 1 N–H and O–H groups in total. The minimum Gasteiger partial charge on any atom is -0.481 e. The lowest BCUT2D eigenvalue weighted by Crippen LogP contribution is -2.48. The van der Waals surface area contributed by atoms with Crippen LogP contribution in [-0.4, -0.2) is 24.2 Å². The predicted octanol–water partition coefficient (Wildman–Crippen LogP) is 2.50. The third-order valence-electron chi connectivity index (χ3n) is 4.01. The highest BCUT2D eigenvalue weighted by molar-refractivity contribution is 5.72. The molecule has 0 aromatic heterocycles. The molecule has 1 aliphatic heterocycles. The fourth-order valence-electron chi connectivity index (χ4n) is 2.58. The van der Waals surface area contributed by atoms with Crippen molar-refractivity contribution in [3.63, 3.8) is 0 Å². The third-order valence-corrected chi connectivity index (χ3v) is 4.01. The van der Waals surface area contributed by atoms with Crippen molar-refractivity contribution in [3.05, 3.63) is 29.8 Å². The molecule has 0 amide bonds. The van der Waals surface area contributed by atoms with Crippen molar-refractivity contribution >= 4 is 11.7 Å². The van der Waals surface area contributed by atoms with Gasteiger partial charge >= 0.3 is 5.97 Å². The second kappa shape index (κ2) is 4.93. The molecule has 0 saturated carbocycles. The van der Waals surface area contributed by atoms with Crippen LogP contribution in [0.4, 0.5) is 5.69 Å². The number of benzene rings is 1. The zero-order valence-electron chi connectivity index (χ0n) is 11.3. The van der Waals surface area contributed by atoms with E-state index >= 15 is 0 Å². The maximum atomic E-state index is 11.4. The second-order valence-electron chi connectivity index (χ2n) is 5.74. The van der Waals surface area contributed by atoms with Crippen molar-refractivity contribution < 1.29 is 9.90 Å². The molecule has 4 nitrogen and oxygen atoms in total. The quantitative estimate of drug-likeness (QED) is 0.885. The van der Waals surface area contributed by atoms with E-state index in [4.69, 9.17) is 5.26 Å². The van der Waals surface area contributed by atoms with Gasteiger partial charge in [-0.3, -0.25) is 4.79 Å². The average Bonchev–Trinajstić information content (AvgIpc) is 2.38. The smallest absolute Gasteiger partial charge is 0.308 e. The van der Waals surface area contributed by atoms with E-state index in [1.165, 1.54) is 0 Å². The first kappa shape index (κ1) is 13.4. The Hall–Kier alpha value is -2.02. The molecule has 19 heavy (non-hydrogen) atoms. The number of nitriles is 1. The molecule has 0 spiro atoms. The summed E-state index contributed by atoms with van der Waals surface area (Å²) in [5.41, 5.74) is 1.35. The molecule has 4 heteroatoms. The van der Waals surface area contributed by atoms with Crippen LogP contribution in [0, 0.1) is 22.7 Å². The number of carboxylic acid groups (broad SMARTS) is 1. The maximum Gasteiger partial charge on any atom is 0.308 e. The van der Waals surface area contributed by atoms with Crippen LogP contribution in [0.15, 0.2) is 24.3 Å². The molecule has 1 heterocycles. The van der Waals surface area contributed by atoms with Crippen LogP contribution in [0.1, 0.15) is 25.8 Å². The van der Waals surface area contributed by atoms with Crippen LogP contribution in [0.2, 0.25) is 0 Å². The Morgan fingerprint density at radius 1 is 1.53 bits per heavy atom. The zero-order valence-corrected chi connectivity index (χ0v) is 11.3. The second-order valence-corrected chi connectivity index (χ2v) is 5.74. The van der Waals surface area contributed by atoms with Crippen molar-refractivity contribution in [2.45, 2.75) is 20.3 Å². The number of rotatable bonds is 2. The highest BCUT2D eigenvalue weighted by Crippen LogP contribution is 2.37. The van der Waals surface area contributed by atoms with Gasteiger partial charge in [0.2, 0.25) is 0 Å². The van der Waals surface area contributed by atoms with Gasteiger partial charge in [-0.2, -0.15) is 5.26 Å². The van der Waals surface area contributed by atoms with Crippen molar-refractivity contribution in [2.75, 3.05) is 18.0 Å². The summed E-state index contributed by atoms with van der Waals surface area (Å²) in [7, 11) is 0. The van der Waals surface area contributed by atoms with Crippen molar-refractivity contribution in [3.8, 4) is 6.07 Å². The Labute approximate surface area is 113 Å². The van der Waals surface area contributed by atoms with Gasteiger partial charge in [-0.15, -0.1) is 0 Å². The zero-order chi connectivity index (χ0) is 14.0. The van der Waals surface area contributed by atoms with E-state index < -0.39 is 5.97 Å². The number of hydrogen-bond donors (Lipinski definition) is 1. The summed E-state index contributed by atoms with van der Waals surface area (Å²) in [6, 6.07) is 9.45. The summed E-state index contributed by atoms with van der Waals surface area (Å²) in [6.45, 7) is 5.34. The number of nitrogens with zero attached hydrogens (tertiary/aromatic N) is 2. The number of hydrogen-bond acceptors (Lipinski definition) is 3. The van der Waals surface area contributed by atoms with E-state index in [0.29, 0.717) is 12.1 Å². The first-order chi connectivity index (χ1) is 8.94. The number of carbonyl (C=O) groups is 1. The number of piperidine rings is 1. The molecule has 0 bridgehead atoms. The molecule has 2 rings (SSSR count). The van der Waals surface area contributed by atoms with Crippen LogP contribution in [0.25, 0.3) is 0 Å². The summed E-state index contributed by atoms with van der Waals surface area (Å²) < 4.78 is 0. The molecular formula is C15H18N2O2. The summed E-state index contributed by atoms with van der Waals surface area (Å²) in [4.78, 5) is 13.5. The topological polar surface area (TPSA) is 64.3 Å². The van der Waals surface area contributed by atoms with E-state index in [1.807, 2.05) is 32.0 Å². The fraction of sp³-hybridized carbons (Fsp3) is 0.467. The van der Waals surface area contributed by atoms with Gasteiger partial charge in [-0.05, 0) is 30.0 Å². The SMILES string of the molecule is CC1(C)CCN(c2cccc(C#N)c2)CC1C(=O)O. The van der Waals surface area contributed by atoms with Crippen LogP contribution < -0.4 is 4.90 Å². The van der Waals surface area contributed by atoms with E-state index in [-0.39, 0.29) is 11.3 Å². The third kappa shape index (κ3) is 2.70. The lowest BCUT2D eigenvalue weighted by molar-refractivity contribution is -0.146. The molecule has 100 valence electrons. The normalized spacial score (nSPS) is 21.7. The standard InChI is InChI=1S/C15H18N2O2/c1-15(2)6-7-17(10-13(15)14(18)19)12-5-3-4-11(8-12)9-16/h3-5,8,13H,6-7,10H2,1-2H3,(H,18,19). The van der Waals surface area contributed by atoms with E-state index in [0.717, 1.165) is 18.7 Å². The summed E-state index contributed by atoms with van der Waals surface area (Å²) >= 11 is 0. The number of aliphatic carboxylic acids is 1. The summed E-state index contributed by atoms with van der Waals surface area (Å²) in [5, 5.41) is 18.3. The Bertz CT molecular complexity index is 531. The number of carboxylic acids is 1. The van der Waals surface area contributed by atoms with E-state index in [1.54, 1.807) is 6.07 Å². The van der Waals surface area contributed by atoms with Crippen LogP contribution in [0.3, 0.4) is 0 Å². The molecule has 1 fully saturated rings. The Morgan fingerprint density at radius 3 is 2.89 bits per heavy atom. The van der Waals surface area contributed by atoms with Crippen LogP contribution in [0.5, 0.6) is 0 Å². The summed E-state index contributed by atoms with van der Waals surface area (Å²) in [5.74, 6) is -1.13. The van der Waals surface area contributed by atoms with Gasteiger partial charge in [0.15, 0.2) is 0 Å². The Balaban J connectivity index is 2.23. The monoisotopic (exact) mass is 258 g/mol. The first-order valence-corrected chi connectivity index (χ1v) is 6.42. The molecule has 1 atom stereocenters. The molecule has 0 aliphatic carbocycles. The molecule has 1 aromatic carbocycles. The van der Waals surface area contributed by atoms with E-state index in [2.05, 4.69) is 11.0 Å². The average molecular weight is 258 g/mol. The largest absolute Gasteiger partial charge is 0.481 e. The Morgan fingerprint density at radius 2 is 2.26 bits per heavy atom. The highest BCUT2D eigenvalue weighted by Gasteiger charge is 2.40. The van der Waals surface area contributed by atoms with Crippen molar-refractivity contribution in [2.24, 2.45) is 11.3 Å². The van der Waals surface area contributed by atoms with Gasteiger partial charge in [-0.1, -0.05) is 19.9 Å². The van der Waals surface area contributed by atoms with Gasteiger partial charge in [0.25, 0.3) is 0 Å². The maximum absolute atomic E-state index is 11.4. The van der Waals surface area contributed by atoms with Gasteiger partial charge in [-0.25, -0.2) is 0 Å². The van der Waals surface area contributed by atoms with Crippen molar-refractivity contribution in [1.29, 1.82) is 5.26 Å². The highest BCUT2D eigenvalue weighted by atomic mass is 16.4. The van der Waals surface area contributed by atoms with Gasteiger partial charge in [0, 0.05) is 18.8 Å². The predicted molar refractivity (Wildman–Crippen MR) is 72.9 cm³/mol. The fourth-order valence-corrected chi connectivity index (χ4v) is 2.58. The van der Waals surface area contributed by atoms with Crippen LogP contribution in [-0.2, 0) is 4.79 Å². The molecular weight excluding hydrogens is 240 g/mol. The first-order valence-electron chi connectivity index (χ1n) is 6.42. The van der Waals surface area contributed by atoms with Gasteiger partial charge in [0.05, 0.1) is 17.6 Å². The Kier molecular flexibility index (Phi) is 3.48. The summed E-state index contributed by atoms with van der Waals surface area (Å²) in [6.07, 6.45) is 0.834. The van der Waals surface area contributed by atoms with Gasteiger partial charge in [0.1, 0.15) is 0 Å². The minimum atomic E-state index is -0.744. The molecule has 1 aromatic rings. The number of anilines is 1. The lowest BCUT2D eigenvalue weighted by Gasteiger charge is -2.42. The minimum absolute atomic E-state index is 0.185. The molecule has 1 saturated heterocycles. The van der Waals surface area contributed by atoms with Crippen LogP contribution >= 0.6 is 0 Å². The molecule has 0 radical (unpaired) electrons.